The number of nitrogens with zero attached hydrogens (tertiary/aromatic N) is 1. The van der Waals surface area contributed by atoms with Crippen LogP contribution in [0.5, 0.6) is 5.75 Å². The minimum Gasteiger partial charge on any atom is -0.497 e. The van der Waals surface area contributed by atoms with Crippen LogP contribution in [0.1, 0.15) is 38.3 Å². The predicted molar refractivity (Wildman–Crippen MR) is 124 cm³/mol. The maximum atomic E-state index is 13.7. The second-order valence-electron chi connectivity index (χ2n) is 8.90. The fourth-order valence-corrected chi connectivity index (χ4v) is 5.49. The van der Waals surface area contributed by atoms with Gasteiger partial charge in [0, 0.05) is 13.1 Å². The van der Waals surface area contributed by atoms with Crippen LogP contribution in [0.3, 0.4) is 0 Å². The number of ether oxygens (including phenoxy) is 3. The first-order chi connectivity index (χ1) is 14.9. The van der Waals surface area contributed by atoms with Crippen LogP contribution in [0.2, 0.25) is 0 Å². The normalized spacial score (nSPS) is 16.4. The molecule has 1 unspecified atom stereocenters. The molecule has 0 saturated carbocycles. The Bertz CT molecular complexity index is 936. The van der Waals surface area contributed by atoms with Crippen molar-refractivity contribution in [1.29, 1.82) is 0 Å². The summed E-state index contributed by atoms with van der Waals surface area (Å²) in [6.07, 6.45) is 8.69. The molecule has 0 fully saturated rings. The molecule has 8 heteroatoms. The molecule has 0 radical (unpaired) electrons. The Labute approximate surface area is 192 Å². The monoisotopic (exact) mass is 465 g/mol. The van der Waals surface area contributed by atoms with Crippen LogP contribution in [0.15, 0.2) is 41.3 Å². The van der Waals surface area contributed by atoms with Gasteiger partial charge in [-0.05, 0) is 70.2 Å². The number of sulfonamides is 1. The van der Waals surface area contributed by atoms with Gasteiger partial charge in [0.2, 0.25) is 10.0 Å². The van der Waals surface area contributed by atoms with Crippen molar-refractivity contribution in [3.63, 3.8) is 0 Å². The van der Waals surface area contributed by atoms with Gasteiger partial charge in [-0.2, -0.15) is 4.31 Å². The van der Waals surface area contributed by atoms with E-state index >= 15 is 0 Å². The third-order valence-corrected chi connectivity index (χ3v) is 7.07. The first-order valence-corrected chi connectivity index (χ1v) is 12.2. The lowest BCUT2D eigenvalue weighted by atomic mass is 10.0. The van der Waals surface area contributed by atoms with Crippen LogP contribution >= 0.6 is 0 Å². The van der Waals surface area contributed by atoms with Crippen LogP contribution in [0.25, 0.3) is 0 Å². The molecule has 0 heterocycles. The summed E-state index contributed by atoms with van der Waals surface area (Å²) in [6.45, 7) is 9.19. The Balaban J connectivity index is 2.18. The predicted octanol–water partition coefficient (Wildman–Crippen LogP) is 3.79. The molecule has 178 valence electrons. The first-order valence-electron chi connectivity index (χ1n) is 10.7. The Hall–Kier alpha value is -2.16. The quantitative estimate of drug-likeness (QED) is 0.386. The molecule has 1 aliphatic rings. The molecule has 0 saturated heterocycles. The smallest absolute Gasteiger partial charge is 0.332 e. The number of allylic oxidation sites excluding steroid dienone is 3. The number of hydrogen-bond donors (Lipinski definition) is 0. The third-order valence-electron chi connectivity index (χ3n) is 4.90. The van der Waals surface area contributed by atoms with Crippen molar-refractivity contribution in [3.8, 4) is 5.75 Å². The van der Waals surface area contributed by atoms with E-state index in [2.05, 4.69) is 0 Å². The lowest BCUT2D eigenvalue weighted by Crippen LogP contribution is -2.38. The molecule has 2 rings (SSSR count). The van der Waals surface area contributed by atoms with Gasteiger partial charge in [-0.1, -0.05) is 24.3 Å². The Morgan fingerprint density at radius 2 is 1.81 bits per heavy atom. The van der Waals surface area contributed by atoms with Crippen molar-refractivity contribution >= 4 is 16.0 Å². The average molecular weight is 466 g/mol. The van der Waals surface area contributed by atoms with Crippen molar-refractivity contribution in [1.82, 2.24) is 4.31 Å². The van der Waals surface area contributed by atoms with Gasteiger partial charge < -0.3 is 14.2 Å². The van der Waals surface area contributed by atoms with Gasteiger partial charge in [-0.15, -0.1) is 0 Å². The first kappa shape index (κ1) is 26.1. The van der Waals surface area contributed by atoms with E-state index in [4.69, 9.17) is 14.2 Å². The van der Waals surface area contributed by atoms with Gasteiger partial charge in [-0.3, -0.25) is 0 Å². The number of hydrogen-bond acceptors (Lipinski definition) is 6. The highest BCUT2D eigenvalue weighted by molar-refractivity contribution is 7.89. The zero-order valence-corrected chi connectivity index (χ0v) is 20.7. The second kappa shape index (κ2) is 11.1. The van der Waals surface area contributed by atoms with E-state index < -0.39 is 21.6 Å². The topological polar surface area (TPSA) is 82.1 Å². The molecule has 1 aromatic carbocycles. The van der Waals surface area contributed by atoms with Crippen molar-refractivity contribution in [2.75, 3.05) is 33.4 Å². The van der Waals surface area contributed by atoms with E-state index in [-0.39, 0.29) is 30.6 Å². The van der Waals surface area contributed by atoms with E-state index in [9.17, 15) is 13.2 Å². The minimum absolute atomic E-state index is 0.0690. The number of benzene rings is 1. The lowest BCUT2D eigenvalue weighted by Gasteiger charge is -2.27. The number of carbonyl (C=O) groups is 1. The number of carbonyl (C=O) groups excluding carboxylic acids is 1. The van der Waals surface area contributed by atoms with Crippen LogP contribution in [0, 0.1) is 19.8 Å². The maximum Gasteiger partial charge on any atom is 0.332 e. The molecule has 1 atom stereocenters. The molecular formula is C24H35NO6S. The highest BCUT2D eigenvalue weighted by Crippen LogP contribution is 2.29. The molecule has 0 N–H and O–H groups in total. The average Bonchev–Trinajstić information content (AvgIpc) is 2.68. The van der Waals surface area contributed by atoms with E-state index in [1.807, 2.05) is 24.3 Å². The van der Waals surface area contributed by atoms with Gasteiger partial charge >= 0.3 is 5.97 Å². The SMILES string of the molecule is COc1cc(C)c(S(=O)(=O)N(CCOCC(=O)OC(C)(C)C)CC2C=CC=CC2)c(C)c1. The molecule has 7 nitrogen and oxygen atoms in total. The van der Waals surface area contributed by atoms with E-state index in [1.165, 1.54) is 4.31 Å². The van der Waals surface area contributed by atoms with Gasteiger partial charge in [0.1, 0.15) is 18.0 Å². The third kappa shape index (κ3) is 7.46. The molecule has 1 aliphatic carbocycles. The molecule has 0 aromatic heterocycles. The molecule has 32 heavy (non-hydrogen) atoms. The molecular weight excluding hydrogens is 430 g/mol. The summed E-state index contributed by atoms with van der Waals surface area (Å²) in [5.41, 5.74) is 0.654. The van der Waals surface area contributed by atoms with E-state index in [0.717, 1.165) is 6.42 Å². The summed E-state index contributed by atoms with van der Waals surface area (Å²) in [7, 11) is -2.24. The molecule has 1 aromatic rings. The van der Waals surface area contributed by atoms with E-state index in [0.29, 0.717) is 23.4 Å². The Morgan fingerprint density at radius 3 is 2.34 bits per heavy atom. The fourth-order valence-electron chi connectivity index (χ4n) is 3.60. The fraction of sp³-hybridized carbons (Fsp3) is 0.542. The second-order valence-corrected chi connectivity index (χ2v) is 10.8. The molecule has 0 spiro atoms. The van der Waals surface area contributed by atoms with Crippen LogP contribution < -0.4 is 4.74 Å². The number of aryl methyl sites for hydroxylation is 2. The van der Waals surface area contributed by atoms with E-state index in [1.54, 1.807) is 53.9 Å². The number of rotatable bonds is 10. The Kier molecular flexibility index (Phi) is 9.07. The maximum absolute atomic E-state index is 13.7. The Morgan fingerprint density at radius 1 is 1.16 bits per heavy atom. The summed E-state index contributed by atoms with van der Waals surface area (Å²) in [5, 5.41) is 0. The lowest BCUT2D eigenvalue weighted by molar-refractivity contribution is -0.160. The van der Waals surface area contributed by atoms with Crippen LogP contribution in [-0.4, -0.2) is 57.7 Å². The largest absolute Gasteiger partial charge is 0.497 e. The summed E-state index contributed by atoms with van der Waals surface area (Å²) >= 11 is 0. The summed E-state index contributed by atoms with van der Waals surface area (Å²) < 4.78 is 44.7. The number of esters is 1. The van der Waals surface area contributed by atoms with Gasteiger partial charge in [0.25, 0.3) is 0 Å². The van der Waals surface area contributed by atoms with Gasteiger partial charge in [-0.25, -0.2) is 13.2 Å². The van der Waals surface area contributed by atoms with Crippen molar-refractivity contribution in [3.05, 3.63) is 47.6 Å². The summed E-state index contributed by atoms with van der Waals surface area (Å²) in [5.74, 6) is 0.208. The highest BCUT2D eigenvalue weighted by Gasteiger charge is 2.30. The minimum atomic E-state index is -3.79. The van der Waals surface area contributed by atoms with Crippen molar-refractivity contribution < 1.29 is 27.4 Å². The molecule has 0 amide bonds. The zero-order valence-electron chi connectivity index (χ0n) is 19.9. The van der Waals surface area contributed by atoms with Gasteiger partial charge in [0.05, 0.1) is 18.6 Å². The molecule has 0 aliphatic heterocycles. The van der Waals surface area contributed by atoms with Crippen molar-refractivity contribution in [2.45, 2.75) is 51.5 Å². The van der Waals surface area contributed by atoms with Crippen LogP contribution in [0.4, 0.5) is 0 Å². The summed E-state index contributed by atoms with van der Waals surface area (Å²) in [6, 6.07) is 3.45. The summed E-state index contributed by atoms with van der Waals surface area (Å²) in [4.78, 5) is 12.2. The van der Waals surface area contributed by atoms with Crippen LogP contribution in [-0.2, 0) is 24.3 Å². The van der Waals surface area contributed by atoms with Crippen molar-refractivity contribution in [2.24, 2.45) is 5.92 Å². The highest BCUT2D eigenvalue weighted by atomic mass is 32.2. The van der Waals surface area contributed by atoms with Gasteiger partial charge in [0.15, 0.2) is 0 Å². The number of methoxy groups -OCH3 is 1. The zero-order chi connectivity index (χ0) is 23.9. The standard InChI is InChI=1S/C24H35NO6S/c1-18-14-21(29-6)15-19(2)23(18)32(27,28)25(16-20-10-8-7-9-11-20)12-13-30-17-22(26)31-24(3,4)5/h7-10,14-15,20H,11-13,16-17H2,1-6H3. The molecule has 0 bridgehead atoms.